The lowest BCUT2D eigenvalue weighted by Gasteiger charge is -2.18. The van der Waals surface area contributed by atoms with Gasteiger partial charge in [0.05, 0.1) is 0 Å². The number of hydrogen-bond acceptors (Lipinski definition) is 6. The average molecular weight is 1080 g/mol. The molecule has 0 aromatic heterocycles. The Morgan fingerprint density at radius 3 is 0.792 bits per heavy atom. The monoisotopic (exact) mass is 1080 g/mol. The molecule has 0 amide bonds. The topological polar surface area (TPSA) is 78.9 Å². The number of unbranched alkanes of at least 4 members (excludes halogenated alkanes) is 44. The highest BCUT2D eigenvalue weighted by atomic mass is 16.6. The Hall–Kier alpha value is -2.63. The van der Waals surface area contributed by atoms with Crippen LogP contribution in [0.5, 0.6) is 0 Å². The van der Waals surface area contributed by atoms with E-state index in [1.54, 1.807) is 0 Å². The van der Waals surface area contributed by atoms with E-state index in [0.29, 0.717) is 19.3 Å². The van der Waals surface area contributed by atoms with Crippen molar-refractivity contribution in [1.29, 1.82) is 0 Å². The number of esters is 3. The smallest absolute Gasteiger partial charge is 0.306 e. The minimum absolute atomic E-state index is 0.0681. The van der Waals surface area contributed by atoms with Crippen LogP contribution >= 0.6 is 0 Å². The lowest BCUT2D eigenvalue weighted by molar-refractivity contribution is -0.167. The lowest BCUT2D eigenvalue weighted by Crippen LogP contribution is -2.30. The molecule has 1 atom stereocenters. The average Bonchev–Trinajstić information content (AvgIpc) is 3.43. The third kappa shape index (κ3) is 64.1. The molecule has 6 heteroatoms. The van der Waals surface area contributed by atoms with E-state index in [1.165, 1.54) is 244 Å². The standard InChI is InChI=1S/C71H130O6/c1-4-7-10-13-16-19-22-25-28-31-34-35-36-37-38-41-43-46-49-52-55-58-61-64-70(73)76-67-68(77-71(74)65-62-59-56-53-50-47-44-40-33-30-27-24-21-18-15-12-9-6-3)66-75-69(72)63-60-57-54-51-48-45-42-39-32-29-26-23-20-17-14-11-8-5-2/h7,10,16,19,25,28,34-35,68H,4-6,8-9,11-15,17-18,20-24,26-27,29-33,36-67H2,1-3H3/b10-7-,19-16-,28-25-,35-34-. The van der Waals surface area contributed by atoms with Crippen LogP contribution in [0.4, 0.5) is 0 Å². The fourth-order valence-corrected chi connectivity index (χ4v) is 10.3. The van der Waals surface area contributed by atoms with E-state index in [9.17, 15) is 14.4 Å². The molecule has 0 saturated heterocycles. The highest BCUT2D eigenvalue weighted by Gasteiger charge is 2.19. The summed E-state index contributed by atoms with van der Waals surface area (Å²) in [6.45, 7) is 6.60. The number of rotatable bonds is 63. The van der Waals surface area contributed by atoms with Crippen molar-refractivity contribution in [2.24, 2.45) is 0 Å². The van der Waals surface area contributed by atoms with Crippen LogP contribution in [0.15, 0.2) is 48.6 Å². The fraction of sp³-hybridized carbons (Fsp3) is 0.845. The Bertz CT molecular complexity index is 1330. The Kier molecular flexibility index (Phi) is 63.6. The molecule has 0 radical (unpaired) electrons. The van der Waals surface area contributed by atoms with Crippen LogP contribution in [0.1, 0.15) is 367 Å². The number of carbonyl (C=O) groups is 3. The predicted octanol–water partition coefficient (Wildman–Crippen LogP) is 23.3. The summed E-state index contributed by atoms with van der Waals surface area (Å²) < 4.78 is 17.0. The van der Waals surface area contributed by atoms with Gasteiger partial charge >= 0.3 is 17.9 Å². The molecule has 0 aromatic carbocycles. The second-order valence-electron chi connectivity index (χ2n) is 23.1. The quantitative estimate of drug-likeness (QED) is 0.0261. The molecule has 0 fully saturated rings. The predicted molar refractivity (Wildman–Crippen MR) is 335 cm³/mol. The maximum atomic E-state index is 12.9. The van der Waals surface area contributed by atoms with E-state index >= 15 is 0 Å². The normalized spacial score (nSPS) is 12.3. The molecule has 0 N–H and O–H groups in total. The van der Waals surface area contributed by atoms with Crippen LogP contribution in [0.2, 0.25) is 0 Å². The third-order valence-corrected chi connectivity index (χ3v) is 15.3. The number of hydrogen-bond donors (Lipinski definition) is 0. The second kappa shape index (κ2) is 65.9. The first-order valence-corrected chi connectivity index (χ1v) is 34.1. The summed E-state index contributed by atoms with van der Waals surface area (Å²) in [7, 11) is 0. The van der Waals surface area contributed by atoms with E-state index in [0.717, 1.165) is 83.5 Å². The molecule has 6 nitrogen and oxygen atoms in total. The SMILES string of the molecule is CC/C=C\C/C=C\C/C=C\C/C=C\CCCCCCCCCCCCC(=O)OCC(COC(=O)CCCCCCCCCCCCCCCCCCCC)OC(=O)CCCCCCCCCCCCCCCCCCCC. The van der Waals surface area contributed by atoms with Crippen molar-refractivity contribution in [2.45, 2.75) is 374 Å². The lowest BCUT2D eigenvalue weighted by atomic mass is 10.0. The summed E-state index contributed by atoms with van der Waals surface area (Å²) in [5, 5.41) is 0. The zero-order valence-corrected chi connectivity index (χ0v) is 51.7. The van der Waals surface area contributed by atoms with E-state index in [1.807, 2.05) is 0 Å². The van der Waals surface area contributed by atoms with Crippen molar-refractivity contribution in [3.8, 4) is 0 Å². The highest BCUT2D eigenvalue weighted by molar-refractivity contribution is 5.71. The van der Waals surface area contributed by atoms with E-state index < -0.39 is 6.10 Å². The van der Waals surface area contributed by atoms with E-state index in [2.05, 4.69) is 69.4 Å². The summed E-state index contributed by atoms with van der Waals surface area (Å²) in [5.74, 6) is -0.844. The largest absolute Gasteiger partial charge is 0.462 e. The molecule has 0 spiro atoms. The van der Waals surface area contributed by atoms with E-state index in [4.69, 9.17) is 14.2 Å². The summed E-state index contributed by atoms with van der Waals surface area (Å²) in [4.78, 5) is 38.4. The number of allylic oxidation sites excluding steroid dienone is 8. The number of ether oxygens (including phenoxy) is 3. The molecular weight excluding hydrogens is 949 g/mol. The van der Waals surface area contributed by atoms with Crippen LogP contribution in [0, 0.1) is 0 Å². The van der Waals surface area contributed by atoms with Gasteiger partial charge < -0.3 is 14.2 Å². The molecule has 0 aliphatic carbocycles. The maximum Gasteiger partial charge on any atom is 0.306 e. The molecule has 0 heterocycles. The van der Waals surface area contributed by atoms with Crippen LogP contribution in [-0.2, 0) is 28.6 Å². The van der Waals surface area contributed by atoms with Gasteiger partial charge in [-0.3, -0.25) is 14.4 Å². The summed E-state index contributed by atoms with van der Waals surface area (Å²) in [6.07, 6.45) is 82.6. The molecule has 0 saturated carbocycles. The molecule has 0 aliphatic heterocycles. The van der Waals surface area contributed by atoms with Crippen molar-refractivity contribution < 1.29 is 28.6 Å². The number of carbonyl (C=O) groups excluding carboxylic acids is 3. The fourth-order valence-electron chi connectivity index (χ4n) is 10.3. The minimum Gasteiger partial charge on any atom is -0.462 e. The molecule has 0 aliphatic rings. The van der Waals surface area contributed by atoms with Gasteiger partial charge in [-0.25, -0.2) is 0 Å². The molecule has 0 aromatic rings. The first kappa shape index (κ1) is 74.4. The van der Waals surface area contributed by atoms with Gasteiger partial charge in [-0.2, -0.15) is 0 Å². The Morgan fingerprint density at radius 1 is 0.273 bits per heavy atom. The Morgan fingerprint density at radius 2 is 0.506 bits per heavy atom. The van der Waals surface area contributed by atoms with E-state index in [-0.39, 0.29) is 31.1 Å². The third-order valence-electron chi connectivity index (χ3n) is 15.3. The van der Waals surface area contributed by atoms with Crippen molar-refractivity contribution >= 4 is 17.9 Å². The van der Waals surface area contributed by atoms with Gasteiger partial charge in [-0.1, -0.05) is 339 Å². The van der Waals surface area contributed by atoms with Gasteiger partial charge in [-0.15, -0.1) is 0 Å². The Labute approximate surface area is 479 Å². The highest BCUT2D eigenvalue weighted by Crippen LogP contribution is 2.18. The van der Waals surface area contributed by atoms with Gasteiger partial charge in [0, 0.05) is 19.3 Å². The molecule has 0 bridgehead atoms. The van der Waals surface area contributed by atoms with Crippen molar-refractivity contribution in [1.82, 2.24) is 0 Å². The van der Waals surface area contributed by atoms with Crippen LogP contribution < -0.4 is 0 Å². The maximum absolute atomic E-state index is 12.9. The van der Waals surface area contributed by atoms with Gasteiger partial charge in [0.2, 0.25) is 0 Å². The molecular formula is C71H130O6. The molecule has 0 rings (SSSR count). The first-order chi connectivity index (χ1) is 38.0. The van der Waals surface area contributed by atoms with Crippen molar-refractivity contribution in [3.63, 3.8) is 0 Å². The molecule has 450 valence electrons. The summed E-state index contributed by atoms with van der Waals surface area (Å²) >= 11 is 0. The minimum atomic E-state index is -0.772. The van der Waals surface area contributed by atoms with Gasteiger partial charge in [0.25, 0.3) is 0 Å². The van der Waals surface area contributed by atoms with Crippen LogP contribution in [-0.4, -0.2) is 37.2 Å². The molecule has 1 unspecified atom stereocenters. The van der Waals surface area contributed by atoms with Crippen LogP contribution in [0.3, 0.4) is 0 Å². The zero-order chi connectivity index (χ0) is 55.7. The van der Waals surface area contributed by atoms with Crippen molar-refractivity contribution in [2.75, 3.05) is 13.2 Å². The molecule has 77 heavy (non-hydrogen) atoms. The second-order valence-corrected chi connectivity index (χ2v) is 23.1. The first-order valence-electron chi connectivity index (χ1n) is 34.1. The zero-order valence-electron chi connectivity index (χ0n) is 51.7. The van der Waals surface area contributed by atoms with Crippen LogP contribution in [0.25, 0.3) is 0 Å². The van der Waals surface area contributed by atoms with Gasteiger partial charge in [0.15, 0.2) is 6.10 Å². The van der Waals surface area contributed by atoms with Gasteiger partial charge in [0.1, 0.15) is 13.2 Å². The van der Waals surface area contributed by atoms with Crippen molar-refractivity contribution in [3.05, 3.63) is 48.6 Å². The van der Waals surface area contributed by atoms with Gasteiger partial charge in [-0.05, 0) is 57.8 Å². The summed E-state index contributed by atoms with van der Waals surface area (Å²) in [6, 6.07) is 0. The Balaban J connectivity index is 4.31. The summed E-state index contributed by atoms with van der Waals surface area (Å²) in [5.41, 5.74) is 0.